The third kappa shape index (κ3) is 6.76. The molecular formula is C16H24N2O2S. The third-order valence-corrected chi connectivity index (χ3v) is 3.90. The Morgan fingerprint density at radius 3 is 2.90 bits per heavy atom. The van der Waals surface area contributed by atoms with Crippen LogP contribution in [0.2, 0.25) is 0 Å². The molecule has 0 unspecified atom stereocenters. The topological polar surface area (TPSA) is 64.3 Å². The minimum Gasteiger partial charge on any atom is -0.379 e. The summed E-state index contributed by atoms with van der Waals surface area (Å²) in [4.78, 5) is 13.6. The Morgan fingerprint density at radius 1 is 1.48 bits per heavy atom. The highest BCUT2D eigenvalue weighted by molar-refractivity contribution is 7.14. The van der Waals surface area contributed by atoms with Crippen molar-refractivity contribution in [2.24, 2.45) is 5.73 Å². The molecule has 4 nitrogen and oxygen atoms in total. The first-order valence-electron chi connectivity index (χ1n) is 7.23. The Balaban J connectivity index is 2.35. The van der Waals surface area contributed by atoms with Crippen LogP contribution in [0.4, 0.5) is 0 Å². The number of rotatable bonds is 7. The van der Waals surface area contributed by atoms with Crippen molar-refractivity contribution in [1.29, 1.82) is 0 Å². The summed E-state index contributed by atoms with van der Waals surface area (Å²) in [6.45, 7) is 7.73. The Bertz CT molecular complexity index is 512. The van der Waals surface area contributed by atoms with Gasteiger partial charge in [0.15, 0.2) is 0 Å². The molecule has 0 aliphatic heterocycles. The third-order valence-electron chi connectivity index (χ3n) is 2.75. The Labute approximate surface area is 131 Å². The van der Waals surface area contributed by atoms with Crippen molar-refractivity contribution < 1.29 is 9.53 Å². The molecule has 1 rings (SSSR count). The lowest BCUT2D eigenvalue weighted by molar-refractivity contribution is 0.0754. The molecule has 0 aliphatic carbocycles. The number of unbranched alkanes of at least 4 members (excludes halogenated alkanes) is 1. The van der Waals surface area contributed by atoms with Gasteiger partial charge in [0.1, 0.15) is 0 Å². The van der Waals surface area contributed by atoms with Gasteiger partial charge in [-0.25, -0.2) is 0 Å². The van der Waals surface area contributed by atoms with E-state index in [1.807, 2.05) is 26.8 Å². The van der Waals surface area contributed by atoms with Crippen LogP contribution in [0.25, 0.3) is 0 Å². The van der Waals surface area contributed by atoms with E-state index in [2.05, 4.69) is 17.2 Å². The normalized spacial score (nSPS) is 10.3. The van der Waals surface area contributed by atoms with Crippen LogP contribution in [-0.2, 0) is 4.74 Å². The number of nitrogens with one attached hydrogen (secondary N) is 1. The summed E-state index contributed by atoms with van der Waals surface area (Å²) in [5.41, 5.74) is 6.38. The summed E-state index contributed by atoms with van der Waals surface area (Å²) < 4.78 is 5.45. The maximum Gasteiger partial charge on any atom is 0.261 e. The van der Waals surface area contributed by atoms with Gasteiger partial charge in [-0.1, -0.05) is 11.8 Å². The van der Waals surface area contributed by atoms with Gasteiger partial charge in [-0.15, -0.1) is 11.3 Å². The SMILES string of the molecule is Cc1cc(C(=O)NCCCCOC(C)C)sc1C#CCN. The van der Waals surface area contributed by atoms with Crippen LogP contribution >= 0.6 is 11.3 Å². The van der Waals surface area contributed by atoms with Gasteiger partial charge >= 0.3 is 0 Å². The molecule has 1 heterocycles. The van der Waals surface area contributed by atoms with Crippen LogP contribution < -0.4 is 11.1 Å². The highest BCUT2D eigenvalue weighted by Crippen LogP contribution is 2.20. The Kier molecular flexibility index (Phi) is 8.06. The van der Waals surface area contributed by atoms with Gasteiger partial charge < -0.3 is 15.8 Å². The fraction of sp³-hybridized carbons (Fsp3) is 0.562. The average Bonchev–Trinajstić information content (AvgIpc) is 2.81. The number of hydrogen-bond donors (Lipinski definition) is 2. The molecule has 5 heteroatoms. The molecule has 1 amide bonds. The second-order valence-corrected chi connectivity index (χ2v) is 6.06. The maximum atomic E-state index is 12.0. The summed E-state index contributed by atoms with van der Waals surface area (Å²) in [7, 11) is 0. The number of ether oxygens (including phenoxy) is 1. The molecule has 0 spiro atoms. The lowest BCUT2D eigenvalue weighted by atomic mass is 10.2. The summed E-state index contributed by atoms with van der Waals surface area (Å²) in [6.07, 6.45) is 2.14. The van der Waals surface area contributed by atoms with Crippen LogP contribution in [0.3, 0.4) is 0 Å². The first kappa shape index (κ1) is 17.7. The zero-order chi connectivity index (χ0) is 15.7. The van der Waals surface area contributed by atoms with Crippen LogP contribution in [0.5, 0.6) is 0 Å². The average molecular weight is 308 g/mol. The molecule has 0 atom stereocenters. The number of carbonyl (C=O) groups excluding carboxylic acids is 1. The molecule has 21 heavy (non-hydrogen) atoms. The minimum absolute atomic E-state index is 0.0336. The predicted molar refractivity (Wildman–Crippen MR) is 87.6 cm³/mol. The predicted octanol–water partition coefficient (Wildman–Crippen LogP) is 2.30. The van der Waals surface area contributed by atoms with Crippen molar-refractivity contribution in [3.63, 3.8) is 0 Å². The van der Waals surface area contributed by atoms with E-state index in [0.29, 0.717) is 18.0 Å². The number of aryl methyl sites for hydroxylation is 1. The quantitative estimate of drug-likeness (QED) is 0.600. The van der Waals surface area contributed by atoms with Gasteiger partial charge in [0.2, 0.25) is 0 Å². The Hall–Kier alpha value is -1.35. The van der Waals surface area contributed by atoms with Crippen LogP contribution in [-0.4, -0.2) is 31.7 Å². The van der Waals surface area contributed by atoms with Gasteiger partial charge in [0.05, 0.1) is 22.4 Å². The summed E-state index contributed by atoms with van der Waals surface area (Å²) in [6, 6.07) is 1.88. The van der Waals surface area contributed by atoms with Crippen LogP contribution in [0, 0.1) is 18.8 Å². The first-order valence-corrected chi connectivity index (χ1v) is 8.05. The lowest BCUT2D eigenvalue weighted by Crippen LogP contribution is -2.23. The summed E-state index contributed by atoms with van der Waals surface area (Å²) in [5.74, 6) is 5.77. The van der Waals surface area contributed by atoms with Crippen LogP contribution in [0.15, 0.2) is 6.07 Å². The van der Waals surface area contributed by atoms with Crippen molar-refractivity contribution >= 4 is 17.2 Å². The fourth-order valence-electron chi connectivity index (χ4n) is 1.68. The van der Waals surface area contributed by atoms with Crippen molar-refractivity contribution in [1.82, 2.24) is 5.32 Å². The van der Waals surface area contributed by atoms with E-state index in [4.69, 9.17) is 10.5 Å². The van der Waals surface area contributed by atoms with Crippen molar-refractivity contribution in [3.8, 4) is 11.8 Å². The monoisotopic (exact) mass is 308 g/mol. The zero-order valence-electron chi connectivity index (χ0n) is 13.0. The number of hydrogen-bond acceptors (Lipinski definition) is 4. The second-order valence-electron chi connectivity index (χ2n) is 5.01. The maximum absolute atomic E-state index is 12.0. The molecular weight excluding hydrogens is 284 g/mol. The summed E-state index contributed by atoms with van der Waals surface area (Å²) >= 11 is 1.41. The zero-order valence-corrected chi connectivity index (χ0v) is 13.8. The molecule has 0 radical (unpaired) electrons. The van der Waals surface area contributed by atoms with Gasteiger partial charge in [-0.3, -0.25) is 4.79 Å². The molecule has 1 aromatic rings. The van der Waals surface area contributed by atoms with E-state index in [9.17, 15) is 4.79 Å². The van der Waals surface area contributed by atoms with E-state index in [0.717, 1.165) is 29.9 Å². The minimum atomic E-state index is -0.0336. The lowest BCUT2D eigenvalue weighted by Gasteiger charge is -2.07. The molecule has 3 N–H and O–H groups in total. The van der Waals surface area contributed by atoms with Gasteiger partial charge in [-0.05, 0) is 45.2 Å². The second kappa shape index (κ2) is 9.56. The van der Waals surface area contributed by atoms with Crippen molar-refractivity contribution in [2.45, 2.75) is 39.7 Å². The standard InChI is InChI=1S/C16H24N2O2S/c1-12(2)20-10-5-4-9-18-16(19)15-11-13(3)14(21-15)7-6-8-17/h11-12H,4-5,8-10,17H2,1-3H3,(H,18,19). The molecule has 0 bridgehead atoms. The number of nitrogens with two attached hydrogens (primary N) is 1. The molecule has 0 saturated carbocycles. The fourth-order valence-corrected chi connectivity index (χ4v) is 2.65. The molecule has 116 valence electrons. The van der Waals surface area contributed by atoms with E-state index >= 15 is 0 Å². The van der Waals surface area contributed by atoms with E-state index < -0.39 is 0 Å². The highest BCUT2D eigenvalue weighted by Gasteiger charge is 2.10. The van der Waals surface area contributed by atoms with Crippen LogP contribution in [0.1, 0.15) is 46.8 Å². The Morgan fingerprint density at radius 2 is 2.24 bits per heavy atom. The van der Waals surface area contributed by atoms with Crippen molar-refractivity contribution in [2.75, 3.05) is 19.7 Å². The van der Waals surface area contributed by atoms with E-state index in [1.54, 1.807) is 0 Å². The molecule has 0 aliphatic rings. The largest absolute Gasteiger partial charge is 0.379 e. The van der Waals surface area contributed by atoms with E-state index in [1.165, 1.54) is 11.3 Å². The van der Waals surface area contributed by atoms with Gasteiger partial charge in [0.25, 0.3) is 5.91 Å². The summed E-state index contributed by atoms with van der Waals surface area (Å²) in [5, 5.41) is 2.93. The molecule has 1 aromatic heterocycles. The molecule has 0 aromatic carbocycles. The molecule has 0 saturated heterocycles. The number of carbonyl (C=O) groups is 1. The molecule has 0 fully saturated rings. The first-order chi connectivity index (χ1) is 10.0. The van der Waals surface area contributed by atoms with E-state index in [-0.39, 0.29) is 12.0 Å². The van der Waals surface area contributed by atoms with Gasteiger partial charge in [-0.2, -0.15) is 0 Å². The smallest absolute Gasteiger partial charge is 0.261 e. The van der Waals surface area contributed by atoms with Gasteiger partial charge in [0, 0.05) is 13.2 Å². The number of thiophene rings is 1. The number of amides is 1. The highest BCUT2D eigenvalue weighted by atomic mass is 32.1. The van der Waals surface area contributed by atoms with Crippen molar-refractivity contribution in [3.05, 3.63) is 21.4 Å².